The molecule has 0 saturated heterocycles. The zero-order chi connectivity index (χ0) is 15.1. The molecule has 2 nitrogen and oxygen atoms in total. The Morgan fingerprint density at radius 2 is 1.06 bits per heavy atom. The molecule has 110 valence electrons. The number of methoxy groups -OCH3 is 1. The van der Waals surface area contributed by atoms with Crippen LogP contribution in [0.2, 0.25) is 0 Å². The number of hydrogen-bond acceptors (Lipinski definition) is 2. The zero-order valence-electron chi connectivity index (χ0n) is 14.0. The van der Waals surface area contributed by atoms with E-state index in [1.165, 1.54) is 32.8 Å². The maximum atomic E-state index is 4.88. The summed E-state index contributed by atoms with van der Waals surface area (Å²) in [7, 11) is 1.47. The molecular formula is C15H39NO. The lowest BCUT2D eigenvalue weighted by Crippen LogP contribution is -1.94. The predicted octanol–water partition coefficient (Wildman–Crippen LogP) is 5.73. The van der Waals surface area contributed by atoms with E-state index in [0.29, 0.717) is 0 Å². The van der Waals surface area contributed by atoms with Gasteiger partial charge in [-0.1, -0.05) is 81.1 Å². The lowest BCUT2D eigenvalue weighted by molar-refractivity contribution is 0.289. The van der Waals surface area contributed by atoms with Crippen molar-refractivity contribution in [2.24, 2.45) is 5.73 Å². The fourth-order valence-corrected chi connectivity index (χ4v) is 0.500. The number of nitrogens with two attached hydrogens (primary N) is 1. The van der Waals surface area contributed by atoms with Crippen molar-refractivity contribution in [3.8, 4) is 0 Å². The van der Waals surface area contributed by atoms with Crippen molar-refractivity contribution in [2.45, 2.75) is 81.1 Å². The van der Waals surface area contributed by atoms with E-state index >= 15 is 0 Å². The molecule has 0 atom stereocenters. The van der Waals surface area contributed by atoms with E-state index in [9.17, 15) is 0 Å². The molecule has 0 bridgehead atoms. The van der Waals surface area contributed by atoms with Gasteiger partial charge in [0, 0.05) is 0 Å². The summed E-state index contributed by atoms with van der Waals surface area (Å²) in [6.45, 7) is 19.7. The third-order valence-corrected chi connectivity index (χ3v) is 1.22. The molecule has 0 aromatic rings. The Labute approximate surface area is 112 Å². The standard InChI is InChI=1S/C6H14.C3H7NO.3C2H6/c1-3-5-6-4-2;1-3(4)5-2;3*1-2/h3-6H2,1-2H3;1,4H2,2H3;3*1-2H3. The molecule has 0 aromatic carbocycles. The summed E-state index contributed by atoms with van der Waals surface area (Å²) in [4.78, 5) is 0. The molecule has 0 fully saturated rings. The molecule has 2 heteroatoms. The highest BCUT2D eigenvalue weighted by Crippen LogP contribution is 1.95. The molecule has 0 unspecified atom stereocenters. The second-order valence-electron chi connectivity index (χ2n) is 2.38. The molecular weight excluding hydrogens is 210 g/mol. The van der Waals surface area contributed by atoms with Gasteiger partial charge in [-0.05, 0) is 6.58 Å². The van der Waals surface area contributed by atoms with Crippen LogP contribution in [0.25, 0.3) is 0 Å². The number of rotatable bonds is 4. The number of unbranched alkanes of at least 4 members (excludes halogenated alkanes) is 3. The first-order valence-electron chi connectivity index (χ1n) is 7.17. The Morgan fingerprint density at radius 3 is 1.12 bits per heavy atom. The van der Waals surface area contributed by atoms with Gasteiger partial charge in [-0.25, -0.2) is 0 Å². The normalized spacial score (nSPS) is 6.18. The van der Waals surface area contributed by atoms with E-state index in [1.807, 2.05) is 41.5 Å². The van der Waals surface area contributed by atoms with Gasteiger partial charge in [0.25, 0.3) is 0 Å². The summed E-state index contributed by atoms with van der Waals surface area (Å²) in [6.07, 6.45) is 5.54. The van der Waals surface area contributed by atoms with E-state index in [2.05, 4.69) is 25.2 Å². The van der Waals surface area contributed by atoms with Crippen LogP contribution in [0.15, 0.2) is 12.5 Å². The monoisotopic (exact) mass is 249 g/mol. The number of ether oxygens (including phenoxy) is 1. The molecule has 2 N–H and O–H groups in total. The zero-order valence-corrected chi connectivity index (χ0v) is 14.0. The summed E-state index contributed by atoms with van der Waals surface area (Å²) in [5, 5.41) is 0. The second-order valence-corrected chi connectivity index (χ2v) is 2.38. The lowest BCUT2D eigenvalue weighted by Gasteiger charge is -1.88. The minimum Gasteiger partial charge on any atom is -0.483 e. The Balaban J connectivity index is -0.0000000395. The van der Waals surface area contributed by atoms with Crippen molar-refractivity contribution in [3.05, 3.63) is 12.5 Å². The summed E-state index contributed by atoms with van der Waals surface area (Å²) < 4.78 is 4.33. The van der Waals surface area contributed by atoms with Gasteiger partial charge in [0.15, 0.2) is 5.88 Å². The quantitative estimate of drug-likeness (QED) is 0.510. The molecule has 0 spiro atoms. The van der Waals surface area contributed by atoms with Gasteiger partial charge in [-0.2, -0.15) is 0 Å². The van der Waals surface area contributed by atoms with E-state index in [4.69, 9.17) is 5.73 Å². The van der Waals surface area contributed by atoms with E-state index < -0.39 is 0 Å². The molecule has 17 heavy (non-hydrogen) atoms. The van der Waals surface area contributed by atoms with Crippen molar-refractivity contribution in [2.75, 3.05) is 7.11 Å². The van der Waals surface area contributed by atoms with Crippen LogP contribution in [0, 0.1) is 0 Å². The summed E-state index contributed by atoms with van der Waals surface area (Å²) in [6, 6.07) is 0. The van der Waals surface area contributed by atoms with Gasteiger partial charge in [-0.15, -0.1) is 0 Å². The fourth-order valence-electron chi connectivity index (χ4n) is 0.500. The number of hydrogen-bond donors (Lipinski definition) is 1. The largest absolute Gasteiger partial charge is 0.483 e. The van der Waals surface area contributed by atoms with Crippen LogP contribution in [0.1, 0.15) is 81.1 Å². The van der Waals surface area contributed by atoms with Crippen LogP contribution in [0.5, 0.6) is 0 Å². The van der Waals surface area contributed by atoms with Gasteiger partial charge in [0.2, 0.25) is 0 Å². The average Bonchev–Trinajstić information content (AvgIpc) is 2.43. The molecule has 0 aliphatic heterocycles. The average molecular weight is 249 g/mol. The van der Waals surface area contributed by atoms with Crippen LogP contribution in [-0.2, 0) is 4.74 Å². The minimum atomic E-state index is 0.255. The van der Waals surface area contributed by atoms with Crippen molar-refractivity contribution >= 4 is 0 Å². The summed E-state index contributed by atoms with van der Waals surface area (Å²) >= 11 is 0. The fraction of sp³-hybridized carbons (Fsp3) is 0.867. The SMILES string of the molecule is C=C(N)OC.CC.CC.CC.CCCCCC. The van der Waals surface area contributed by atoms with E-state index in [0.717, 1.165) is 0 Å². The Hall–Kier alpha value is -0.660. The first-order chi connectivity index (χ1) is 8.18. The van der Waals surface area contributed by atoms with Gasteiger partial charge < -0.3 is 10.5 Å². The summed E-state index contributed by atoms with van der Waals surface area (Å²) in [5.74, 6) is 0.255. The maximum absolute atomic E-state index is 4.88. The second kappa shape index (κ2) is 58.6. The smallest absolute Gasteiger partial charge is 0.176 e. The highest BCUT2D eigenvalue weighted by molar-refractivity contribution is 4.68. The summed E-state index contributed by atoms with van der Waals surface area (Å²) in [5.41, 5.74) is 4.88. The van der Waals surface area contributed by atoms with Gasteiger partial charge in [-0.3, -0.25) is 0 Å². The predicted molar refractivity (Wildman–Crippen MR) is 84.2 cm³/mol. The van der Waals surface area contributed by atoms with Crippen molar-refractivity contribution in [3.63, 3.8) is 0 Å². The minimum absolute atomic E-state index is 0.255. The maximum Gasteiger partial charge on any atom is 0.176 e. The van der Waals surface area contributed by atoms with Crippen LogP contribution >= 0.6 is 0 Å². The highest BCUT2D eigenvalue weighted by Gasteiger charge is 1.75. The molecule has 0 aromatic heterocycles. The first kappa shape index (κ1) is 29.9. The van der Waals surface area contributed by atoms with Gasteiger partial charge in [0.05, 0.1) is 7.11 Å². The van der Waals surface area contributed by atoms with Gasteiger partial charge in [0.1, 0.15) is 0 Å². The third-order valence-electron chi connectivity index (χ3n) is 1.22. The van der Waals surface area contributed by atoms with Crippen molar-refractivity contribution in [1.29, 1.82) is 0 Å². The first-order valence-corrected chi connectivity index (χ1v) is 7.17. The topological polar surface area (TPSA) is 35.2 Å². The van der Waals surface area contributed by atoms with E-state index in [1.54, 1.807) is 0 Å². The Morgan fingerprint density at radius 1 is 0.882 bits per heavy atom. The third kappa shape index (κ3) is 145. The molecule has 0 amide bonds. The van der Waals surface area contributed by atoms with Crippen LogP contribution < -0.4 is 5.73 Å². The van der Waals surface area contributed by atoms with Crippen LogP contribution in [0.4, 0.5) is 0 Å². The van der Waals surface area contributed by atoms with Crippen molar-refractivity contribution in [1.82, 2.24) is 0 Å². The van der Waals surface area contributed by atoms with Crippen LogP contribution in [0.3, 0.4) is 0 Å². The van der Waals surface area contributed by atoms with Gasteiger partial charge >= 0.3 is 0 Å². The molecule has 0 aliphatic rings. The van der Waals surface area contributed by atoms with Crippen LogP contribution in [-0.4, -0.2) is 7.11 Å². The van der Waals surface area contributed by atoms with E-state index in [-0.39, 0.29) is 5.88 Å². The Kier molecular flexibility index (Phi) is 103. The molecule has 0 rings (SSSR count). The molecule has 0 radical (unpaired) electrons. The lowest BCUT2D eigenvalue weighted by atomic mass is 10.2. The highest BCUT2D eigenvalue weighted by atomic mass is 16.5. The molecule has 0 aliphatic carbocycles. The molecule has 0 heterocycles. The Bertz CT molecular complexity index is 79.0. The molecule has 0 saturated carbocycles. The van der Waals surface area contributed by atoms with Crippen molar-refractivity contribution < 1.29 is 4.74 Å².